The fourth-order valence-electron chi connectivity index (χ4n) is 3.11. The second-order valence-electron chi connectivity index (χ2n) is 6.56. The van der Waals surface area contributed by atoms with Crippen LogP contribution >= 0.6 is 0 Å². The topological polar surface area (TPSA) is 106 Å². The summed E-state index contributed by atoms with van der Waals surface area (Å²) < 4.78 is 43.1. The van der Waals surface area contributed by atoms with E-state index in [1.807, 2.05) is 0 Å². The zero-order chi connectivity index (χ0) is 21.7. The molecule has 1 aliphatic heterocycles. The van der Waals surface area contributed by atoms with Crippen LogP contribution in [0.3, 0.4) is 0 Å². The van der Waals surface area contributed by atoms with Gasteiger partial charge in [0.1, 0.15) is 16.4 Å². The van der Waals surface area contributed by atoms with Gasteiger partial charge in [0.25, 0.3) is 5.91 Å². The molecule has 10 heteroatoms. The lowest BCUT2D eigenvalue weighted by Crippen LogP contribution is -2.51. The predicted molar refractivity (Wildman–Crippen MR) is 108 cm³/mol. The number of ether oxygens (including phenoxy) is 3. The molecule has 2 aromatic carbocycles. The SMILES string of the molecule is COc1ccc(S(=O)(=O)N2CCN(C(=O)COc3ccccc3O)CC2)c(OC)c1. The van der Waals surface area contributed by atoms with Crippen LogP contribution in [0.1, 0.15) is 0 Å². The molecular weight excluding hydrogens is 412 g/mol. The minimum atomic E-state index is -3.79. The minimum Gasteiger partial charge on any atom is -0.504 e. The highest BCUT2D eigenvalue weighted by Gasteiger charge is 2.32. The highest BCUT2D eigenvalue weighted by molar-refractivity contribution is 7.89. The van der Waals surface area contributed by atoms with E-state index in [2.05, 4.69) is 0 Å². The number of piperazine rings is 1. The monoisotopic (exact) mass is 436 g/mol. The Morgan fingerprint density at radius 1 is 1.00 bits per heavy atom. The number of amides is 1. The van der Waals surface area contributed by atoms with E-state index in [4.69, 9.17) is 14.2 Å². The number of rotatable bonds is 7. The maximum atomic E-state index is 13.0. The number of phenols is 1. The zero-order valence-corrected chi connectivity index (χ0v) is 17.6. The molecule has 1 aliphatic rings. The second-order valence-corrected chi connectivity index (χ2v) is 8.46. The number of nitrogens with zero attached hydrogens (tertiary/aromatic N) is 2. The minimum absolute atomic E-state index is 0.0466. The third kappa shape index (κ3) is 4.60. The molecule has 1 heterocycles. The maximum Gasteiger partial charge on any atom is 0.260 e. The van der Waals surface area contributed by atoms with Crippen molar-refractivity contribution in [2.75, 3.05) is 47.0 Å². The molecule has 0 bridgehead atoms. The molecule has 1 amide bonds. The number of carbonyl (C=O) groups excluding carboxylic acids is 1. The molecule has 0 aromatic heterocycles. The van der Waals surface area contributed by atoms with Crippen molar-refractivity contribution in [3.05, 3.63) is 42.5 Å². The smallest absolute Gasteiger partial charge is 0.260 e. The number of sulfonamides is 1. The zero-order valence-electron chi connectivity index (χ0n) is 16.8. The van der Waals surface area contributed by atoms with Gasteiger partial charge in [-0.15, -0.1) is 0 Å². The summed E-state index contributed by atoms with van der Waals surface area (Å²) in [4.78, 5) is 14.0. The lowest BCUT2D eigenvalue weighted by atomic mass is 10.3. The molecule has 1 N–H and O–H groups in total. The second kappa shape index (κ2) is 9.23. The van der Waals surface area contributed by atoms with Crippen LogP contribution < -0.4 is 14.2 Å². The summed E-state index contributed by atoms with van der Waals surface area (Å²) in [5.74, 6) is 0.584. The van der Waals surface area contributed by atoms with E-state index in [1.165, 1.54) is 41.6 Å². The van der Waals surface area contributed by atoms with Crippen LogP contribution in [-0.2, 0) is 14.8 Å². The molecule has 30 heavy (non-hydrogen) atoms. The van der Waals surface area contributed by atoms with E-state index in [-0.39, 0.29) is 60.8 Å². The molecule has 1 saturated heterocycles. The van der Waals surface area contributed by atoms with Crippen molar-refractivity contribution >= 4 is 15.9 Å². The standard InChI is InChI=1S/C20H24N2O7S/c1-27-15-7-8-19(18(13-15)28-2)30(25,26)22-11-9-21(10-12-22)20(24)14-29-17-6-4-3-5-16(17)23/h3-8,13,23H,9-12,14H2,1-2H3. The molecule has 1 fully saturated rings. The third-order valence-corrected chi connectivity index (χ3v) is 6.73. The van der Waals surface area contributed by atoms with Crippen molar-refractivity contribution in [1.29, 1.82) is 0 Å². The molecule has 0 radical (unpaired) electrons. The molecule has 3 rings (SSSR count). The first-order valence-corrected chi connectivity index (χ1v) is 10.7. The number of hydrogen-bond donors (Lipinski definition) is 1. The Morgan fingerprint density at radius 3 is 2.33 bits per heavy atom. The quantitative estimate of drug-likeness (QED) is 0.698. The van der Waals surface area contributed by atoms with Crippen LogP contribution in [0.2, 0.25) is 0 Å². The summed E-state index contributed by atoms with van der Waals surface area (Å²) in [6.45, 7) is 0.539. The van der Waals surface area contributed by atoms with Gasteiger partial charge >= 0.3 is 0 Å². The predicted octanol–water partition coefficient (Wildman–Crippen LogP) is 1.32. The van der Waals surface area contributed by atoms with Crippen molar-refractivity contribution in [3.8, 4) is 23.0 Å². The van der Waals surface area contributed by atoms with Crippen LogP contribution in [0.4, 0.5) is 0 Å². The van der Waals surface area contributed by atoms with Crippen molar-refractivity contribution in [2.45, 2.75) is 4.90 Å². The average molecular weight is 436 g/mol. The fourth-order valence-corrected chi connectivity index (χ4v) is 4.67. The van der Waals surface area contributed by atoms with E-state index < -0.39 is 10.0 Å². The van der Waals surface area contributed by atoms with Gasteiger partial charge in [0, 0.05) is 32.2 Å². The van der Waals surface area contributed by atoms with Crippen LogP contribution in [0, 0.1) is 0 Å². The first kappa shape index (κ1) is 21.7. The Morgan fingerprint density at radius 2 is 1.70 bits per heavy atom. The van der Waals surface area contributed by atoms with Gasteiger partial charge in [-0.2, -0.15) is 4.31 Å². The van der Waals surface area contributed by atoms with Crippen molar-refractivity contribution < 1.29 is 32.5 Å². The molecule has 0 aliphatic carbocycles. The molecule has 162 valence electrons. The van der Waals surface area contributed by atoms with Crippen LogP contribution in [-0.4, -0.2) is 75.6 Å². The molecule has 0 saturated carbocycles. The number of para-hydroxylation sites is 2. The summed E-state index contributed by atoms with van der Waals surface area (Å²) in [6, 6.07) is 10.9. The van der Waals surface area contributed by atoms with Gasteiger partial charge in [0.05, 0.1) is 14.2 Å². The number of hydrogen-bond acceptors (Lipinski definition) is 7. The number of methoxy groups -OCH3 is 2. The molecule has 2 aromatic rings. The van der Waals surface area contributed by atoms with Gasteiger partial charge in [-0.3, -0.25) is 4.79 Å². The summed E-state index contributed by atoms with van der Waals surface area (Å²) in [6.07, 6.45) is 0. The van der Waals surface area contributed by atoms with Crippen LogP contribution in [0.15, 0.2) is 47.4 Å². The number of aromatic hydroxyl groups is 1. The molecular formula is C20H24N2O7S. The van der Waals surface area contributed by atoms with Gasteiger partial charge < -0.3 is 24.2 Å². The fraction of sp³-hybridized carbons (Fsp3) is 0.350. The number of phenolic OH excluding ortho intramolecular Hbond substituents is 1. The summed E-state index contributed by atoms with van der Waals surface area (Å²) in [5.41, 5.74) is 0. The van der Waals surface area contributed by atoms with Crippen molar-refractivity contribution in [3.63, 3.8) is 0 Å². The Labute approximate surface area is 175 Å². The van der Waals surface area contributed by atoms with Crippen molar-refractivity contribution in [1.82, 2.24) is 9.21 Å². The van der Waals surface area contributed by atoms with E-state index in [0.717, 1.165) is 0 Å². The first-order chi connectivity index (χ1) is 14.4. The van der Waals surface area contributed by atoms with E-state index in [9.17, 15) is 18.3 Å². The van der Waals surface area contributed by atoms with E-state index >= 15 is 0 Å². The lowest BCUT2D eigenvalue weighted by Gasteiger charge is -2.34. The van der Waals surface area contributed by atoms with Crippen molar-refractivity contribution in [2.24, 2.45) is 0 Å². The Hall–Kier alpha value is -2.98. The largest absolute Gasteiger partial charge is 0.504 e. The summed E-state index contributed by atoms with van der Waals surface area (Å²) >= 11 is 0. The molecule has 0 unspecified atom stereocenters. The molecule has 0 spiro atoms. The highest BCUT2D eigenvalue weighted by Crippen LogP contribution is 2.31. The molecule has 0 atom stereocenters. The summed E-state index contributed by atoms with van der Waals surface area (Å²) in [7, 11) is -0.903. The normalized spacial score (nSPS) is 14.9. The maximum absolute atomic E-state index is 13.0. The van der Waals surface area contributed by atoms with Crippen LogP contribution in [0.25, 0.3) is 0 Å². The Kier molecular flexibility index (Phi) is 6.68. The first-order valence-electron chi connectivity index (χ1n) is 9.27. The Balaban J connectivity index is 1.62. The number of benzene rings is 2. The van der Waals surface area contributed by atoms with Gasteiger partial charge in [0.2, 0.25) is 10.0 Å². The average Bonchev–Trinajstić information content (AvgIpc) is 2.77. The Bertz CT molecular complexity index is 1000. The van der Waals surface area contributed by atoms with Gasteiger partial charge in [-0.1, -0.05) is 12.1 Å². The van der Waals surface area contributed by atoms with E-state index in [1.54, 1.807) is 24.3 Å². The van der Waals surface area contributed by atoms with Gasteiger partial charge in [0.15, 0.2) is 18.1 Å². The summed E-state index contributed by atoms with van der Waals surface area (Å²) in [5, 5.41) is 9.70. The van der Waals surface area contributed by atoms with Gasteiger partial charge in [-0.25, -0.2) is 8.42 Å². The lowest BCUT2D eigenvalue weighted by molar-refractivity contribution is -0.134. The van der Waals surface area contributed by atoms with Crippen LogP contribution in [0.5, 0.6) is 23.0 Å². The van der Waals surface area contributed by atoms with Gasteiger partial charge in [-0.05, 0) is 24.3 Å². The van der Waals surface area contributed by atoms with E-state index in [0.29, 0.717) is 5.75 Å². The third-order valence-electron chi connectivity index (χ3n) is 4.80. The highest BCUT2D eigenvalue weighted by atomic mass is 32.2. The molecule has 9 nitrogen and oxygen atoms in total. The number of carbonyl (C=O) groups is 1.